The molecule has 1 amide bonds. The maximum atomic E-state index is 14.1. The third-order valence-electron chi connectivity index (χ3n) is 4.95. The summed E-state index contributed by atoms with van der Waals surface area (Å²) in [7, 11) is -7.12. The Bertz CT molecular complexity index is 1470. The van der Waals surface area contributed by atoms with Crippen LogP contribution in [0.5, 0.6) is 0 Å². The molecule has 8 nitrogen and oxygen atoms in total. The summed E-state index contributed by atoms with van der Waals surface area (Å²) in [6, 6.07) is 16.7. The van der Waals surface area contributed by atoms with Crippen LogP contribution in [0, 0.1) is 11.5 Å². The van der Waals surface area contributed by atoms with Gasteiger partial charge in [0.25, 0.3) is 0 Å². The molecule has 0 aliphatic rings. The summed E-state index contributed by atoms with van der Waals surface area (Å²) in [5.41, 5.74) is 1.27. The average molecular weight is 532 g/mol. The van der Waals surface area contributed by atoms with E-state index in [4.69, 9.17) is 4.74 Å². The Kier molecular flexibility index (Phi) is 8.67. The number of carbonyl (C=O) groups excluding carboxylic acids is 1. The number of rotatable bonds is 9. The number of amides is 1. The standard InChI is InChI=1S/C24H25N3O5S3/c1-3-4-12-32-24(28)26-16-20-10-11-23(33-20)35(31,27-17-25)22-14-19(18-8-6-5-7-9-18)13-21(15-22)34(2,29)30/h5-11,13-15H,3-4,12,16H2,1-2H3,(H,26,28). The molecule has 0 aliphatic carbocycles. The van der Waals surface area contributed by atoms with E-state index >= 15 is 0 Å². The molecule has 0 bridgehead atoms. The van der Waals surface area contributed by atoms with Crippen molar-refractivity contribution in [3.63, 3.8) is 0 Å². The zero-order valence-electron chi connectivity index (χ0n) is 19.3. The second-order valence-corrected chi connectivity index (χ2v) is 13.2. The molecule has 0 fully saturated rings. The molecule has 1 unspecified atom stereocenters. The number of nitriles is 1. The van der Waals surface area contributed by atoms with E-state index in [9.17, 15) is 22.7 Å². The van der Waals surface area contributed by atoms with Crippen LogP contribution in [0.25, 0.3) is 11.1 Å². The Balaban J connectivity index is 2.01. The van der Waals surface area contributed by atoms with E-state index < -0.39 is 25.7 Å². The highest BCUT2D eigenvalue weighted by atomic mass is 32.2. The molecule has 1 N–H and O–H groups in total. The van der Waals surface area contributed by atoms with Gasteiger partial charge in [-0.2, -0.15) is 5.26 Å². The van der Waals surface area contributed by atoms with Crippen molar-refractivity contribution in [1.29, 1.82) is 5.26 Å². The largest absolute Gasteiger partial charge is 0.450 e. The minimum atomic E-state index is -3.64. The molecular formula is C24H25N3O5S3. The van der Waals surface area contributed by atoms with E-state index in [0.29, 0.717) is 17.0 Å². The summed E-state index contributed by atoms with van der Waals surface area (Å²) in [4.78, 5) is 12.6. The highest BCUT2D eigenvalue weighted by Crippen LogP contribution is 2.34. The van der Waals surface area contributed by atoms with Crippen LogP contribution in [0.15, 0.2) is 79.0 Å². The number of ether oxygens (including phenoxy) is 1. The lowest BCUT2D eigenvalue weighted by atomic mass is 10.1. The van der Waals surface area contributed by atoms with Crippen molar-refractivity contribution < 1.29 is 22.2 Å². The maximum absolute atomic E-state index is 14.1. The van der Waals surface area contributed by atoms with E-state index in [2.05, 4.69) is 9.68 Å². The van der Waals surface area contributed by atoms with Gasteiger partial charge >= 0.3 is 6.09 Å². The Morgan fingerprint density at radius 3 is 2.43 bits per heavy atom. The van der Waals surface area contributed by atoms with Gasteiger partial charge in [0.15, 0.2) is 9.84 Å². The van der Waals surface area contributed by atoms with Crippen LogP contribution in [0.2, 0.25) is 0 Å². The minimum Gasteiger partial charge on any atom is -0.450 e. The fourth-order valence-corrected chi connectivity index (χ4v) is 7.11. The van der Waals surface area contributed by atoms with Gasteiger partial charge < -0.3 is 10.1 Å². The molecular weight excluding hydrogens is 506 g/mol. The average Bonchev–Trinajstić information content (AvgIpc) is 3.32. The maximum Gasteiger partial charge on any atom is 0.407 e. The van der Waals surface area contributed by atoms with Gasteiger partial charge in [0.05, 0.1) is 22.9 Å². The van der Waals surface area contributed by atoms with Crippen LogP contribution in [0.1, 0.15) is 24.6 Å². The van der Waals surface area contributed by atoms with Crippen LogP contribution in [0.3, 0.4) is 0 Å². The molecule has 2 aromatic carbocycles. The Morgan fingerprint density at radius 1 is 1.06 bits per heavy atom. The van der Waals surface area contributed by atoms with E-state index in [0.717, 1.165) is 36.0 Å². The van der Waals surface area contributed by atoms with Crippen molar-refractivity contribution in [2.45, 2.75) is 40.3 Å². The van der Waals surface area contributed by atoms with Gasteiger partial charge in [-0.05, 0) is 47.9 Å². The van der Waals surface area contributed by atoms with Crippen molar-refractivity contribution in [1.82, 2.24) is 5.32 Å². The van der Waals surface area contributed by atoms with Crippen molar-refractivity contribution in [3.05, 3.63) is 65.5 Å². The summed E-state index contributed by atoms with van der Waals surface area (Å²) in [6.07, 6.45) is 3.82. The van der Waals surface area contributed by atoms with E-state index in [-0.39, 0.29) is 20.5 Å². The fourth-order valence-electron chi connectivity index (χ4n) is 3.14. The van der Waals surface area contributed by atoms with Gasteiger partial charge in [-0.1, -0.05) is 43.7 Å². The van der Waals surface area contributed by atoms with Crippen LogP contribution < -0.4 is 5.32 Å². The number of sulfone groups is 1. The Labute approximate surface area is 209 Å². The number of unbranched alkanes of at least 4 members (excludes halogenated alkanes) is 1. The number of hydrogen-bond acceptors (Lipinski definition) is 8. The molecule has 1 heterocycles. The van der Waals surface area contributed by atoms with Crippen molar-refractivity contribution in [3.8, 4) is 17.3 Å². The molecule has 0 aliphatic heterocycles. The molecule has 0 spiro atoms. The molecule has 1 atom stereocenters. The number of hydrogen-bond donors (Lipinski definition) is 1. The monoisotopic (exact) mass is 531 g/mol. The normalized spacial score (nSPS) is 12.8. The first kappa shape index (κ1) is 26.4. The predicted molar refractivity (Wildman–Crippen MR) is 135 cm³/mol. The first-order valence-corrected chi connectivity index (χ1v) is 14.9. The van der Waals surface area contributed by atoms with Crippen molar-refractivity contribution in [2.24, 2.45) is 4.36 Å². The van der Waals surface area contributed by atoms with Crippen LogP contribution in [-0.4, -0.2) is 31.6 Å². The number of carbonyl (C=O) groups is 1. The third kappa shape index (κ3) is 6.69. The zero-order valence-corrected chi connectivity index (χ0v) is 21.7. The van der Waals surface area contributed by atoms with E-state index in [1.165, 1.54) is 12.1 Å². The molecule has 3 rings (SSSR count). The summed E-state index contributed by atoms with van der Waals surface area (Å²) in [5, 5.41) is 12.0. The van der Waals surface area contributed by atoms with Gasteiger partial charge in [-0.25, -0.2) is 17.4 Å². The number of thiophene rings is 1. The van der Waals surface area contributed by atoms with Gasteiger partial charge in [0, 0.05) is 11.1 Å². The van der Waals surface area contributed by atoms with Gasteiger partial charge in [0.1, 0.15) is 13.9 Å². The molecule has 11 heteroatoms. The first-order chi connectivity index (χ1) is 16.7. The lowest BCUT2D eigenvalue weighted by molar-refractivity contribution is 0.144. The lowest BCUT2D eigenvalue weighted by Gasteiger charge is -2.12. The first-order valence-electron chi connectivity index (χ1n) is 10.7. The molecule has 184 valence electrons. The van der Waals surface area contributed by atoms with E-state index in [1.807, 2.05) is 37.3 Å². The van der Waals surface area contributed by atoms with Gasteiger partial charge in [-0.3, -0.25) is 0 Å². The second kappa shape index (κ2) is 11.5. The third-order valence-corrected chi connectivity index (χ3v) is 9.75. The molecule has 0 saturated heterocycles. The topological polar surface area (TPSA) is 126 Å². The number of nitrogens with zero attached hydrogens (tertiary/aromatic N) is 2. The number of alkyl carbamates (subject to hydrolysis) is 1. The smallest absolute Gasteiger partial charge is 0.407 e. The summed E-state index contributed by atoms with van der Waals surface area (Å²) in [5.74, 6) is 0. The number of nitrogens with one attached hydrogen (secondary N) is 1. The minimum absolute atomic E-state index is 0.0250. The van der Waals surface area contributed by atoms with E-state index in [1.54, 1.807) is 24.4 Å². The predicted octanol–water partition coefficient (Wildman–Crippen LogP) is 5.21. The zero-order chi connectivity index (χ0) is 25.5. The van der Waals surface area contributed by atoms with Gasteiger partial charge in [-0.15, -0.1) is 15.7 Å². The van der Waals surface area contributed by atoms with Crippen molar-refractivity contribution >= 4 is 37.0 Å². The molecule has 0 saturated carbocycles. The van der Waals surface area contributed by atoms with Crippen LogP contribution in [0.4, 0.5) is 4.79 Å². The summed E-state index contributed by atoms with van der Waals surface area (Å²) < 4.78 is 48.0. The summed E-state index contributed by atoms with van der Waals surface area (Å²) >= 11 is 1.12. The van der Waals surface area contributed by atoms with Crippen molar-refractivity contribution in [2.75, 3.05) is 12.9 Å². The quantitative estimate of drug-likeness (QED) is 0.298. The molecule has 1 aromatic heterocycles. The molecule has 0 radical (unpaired) electrons. The molecule has 35 heavy (non-hydrogen) atoms. The SMILES string of the molecule is CCCCOC(=O)NCc1ccc(S(=O)(=NC#N)c2cc(-c3ccccc3)cc(S(C)(=O)=O)c2)s1. The van der Waals surface area contributed by atoms with Crippen LogP contribution >= 0.6 is 11.3 Å². The fraction of sp³-hybridized carbons (Fsp3) is 0.250. The molecule has 3 aromatic rings. The Hall–Kier alpha value is -3.20. The highest BCUT2D eigenvalue weighted by Gasteiger charge is 2.23. The lowest BCUT2D eigenvalue weighted by Crippen LogP contribution is -2.23. The van der Waals surface area contributed by atoms with Gasteiger partial charge in [0.2, 0.25) is 6.19 Å². The highest BCUT2D eigenvalue weighted by molar-refractivity contribution is 7.95. The summed E-state index contributed by atoms with van der Waals surface area (Å²) in [6.45, 7) is 2.47. The Morgan fingerprint density at radius 2 is 1.77 bits per heavy atom. The van der Waals surface area contributed by atoms with Crippen LogP contribution in [-0.2, 0) is 30.8 Å². The second-order valence-electron chi connectivity index (χ2n) is 7.61. The number of benzene rings is 2.